The molecule has 2 aromatic carbocycles. The minimum atomic E-state index is -0.379. The van der Waals surface area contributed by atoms with Gasteiger partial charge in [0.25, 0.3) is 0 Å². The Morgan fingerprint density at radius 3 is 2.26 bits per heavy atom. The molecule has 5 rings (SSSR count). The van der Waals surface area contributed by atoms with Crippen molar-refractivity contribution in [3.8, 4) is 11.5 Å². The number of Topliss-reactive ketones (excluding diaryl/α,β-unsaturated/α-hetero) is 2. The predicted octanol–water partition coefficient (Wildman–Crippen LogP) is 6.77. The Kier molecular flexibility index (Phi) is 8.73. The first kappa shape index (κ1) is 27.5. The summed E-state index contributed by atoms with van der Waals surface area (Å²) < 4.78 is 17.5. The molecule has 7 heteroatoms. The highest BCUT2D eigenvalue weighted by atomic mass is 35.5. The molecule has 0 bridgehead atoms. The molecular formula is C32H36ClNO5. The van der Waals surface area contributed by atoms with E-state index in [9.17, 15) is 9.59 Å². The van der Waals surface area contributed by atoms with Crippen LogP contribution in [0.1, 0.15) is 68.9 Å². The van der Waals surface area contributed by atoms with E-state index in [1.165, 1.54) is 0 Å². The SMILES string of the molecule is CCOc1cc(C2C3=C(CCCC3=O)N(CCCOC)C3=C2C(=O)CCC3)ccc1OCc1cccc(Cl)c1. The van der Waals surface area contributed by atoms with Crippen molar-refractivity contribution in [1.29, 1.82) is 0 Å². The summed E-state index contributed by atoms with van der Waals surface area (Å²) >= 11 is 6.14. The molecule has 0 amide bonds. The van der Waals surface area contributed by atoms with Crippen molar-refractivity contribution in [1.82, 2.24) is 4.90 Å². The Labute approximate surface area is 235 Å². The average molecular weight is 550 g/mol. The van der Waals surface area contributed by atoms with Gasteiger partial charge < -0.3 is 19.1 Å². The molecule has 0 fully saturated rings. The summed E-state index contributed by atoms with van der Waals surface area (Å²) in [6.45, 7) is 4.14. The maximum Gasteiger partial charge on any atom is 0.161 e. The van der Waals surface area contributed by atoms with Gasteiger partial charge in [0.15, 0.2) is 23.1 Å². The molecule has 206 valence electrons. The Bertz CT molecular complexity index is 1270. The third-order valence-corrected chi connectivity index (χ3v) is 7.94. The second kappa shape index (κ2) is 12.4. The summed E-state index contributed by atoms with van der Waals surface area (Å²) in [5, 5.41) is 0.660. The van der Waals surface area contributed by atoms with Crippen LogP contribution in [0.2, 0.25) is 5.02 Å². The first-order valence-electron chi connectivity index (χ1n) is 13.9. The predicted molar refractivity (Wildman–Crippen MR) is 151 cm³/mol. The number of methoxy groups -OCH3 is 1. The summed E-state index contributed by atoms with van der Waals surface area (Å²) in [6, 6.07) is 13.4. The zero-order valence-electron chi connectivity index (χ0n) is 22.8. The van der Waals surface area contributed by atoms with E-state index >= 15 is 0 Å². The van der Waals surface area contributed by atoms with Gasteiger partial charge in [-0.3, -0.25) is 9.59 Å². The van der Waals surface area contributed by atoms with Gasteiger partial charge in [0.1, 0.15) is 6.61 Å². The van der Waals surface area contributed by atoms with E-state index in [1.807, 2.05) is 49.4 Å². The van der Waals surface area contributed by atoms with E-state index in [2.05, 4.69) is 4.90 Å². The number of hydrogen-bond donors (Lipinski definition) is 0. The highest BCUT2D eigenvalue weighted by Crippen LogP contribution is 2.50. The van der Waals surface area contributed by atoms with Crippen LogP contribution in [0.5, 0.6) is 11.5 Å². The van der Waals surface area contributed by atoms with Crippen molar-refractivity contribution < 1.29 is 23.8 Å². The Balaban J connectivity index is 1.55. The first-order chi connectivity index (χ1) is 19.0. The van der Waals surface area contributed by atoms with Gasteiger partial charge in [0, 0.05) is 66.6 Å². The molecule has 1 heterocycles. The highest BCUT2D eigenvalue weighted by molar-refractivity contribution is 6.30. The molecular weight excluding hydrogens is 514 g/mol. The van der Waals surface area contributed by atoms with Crippen molar-refractivity contribution in [3.05, 3.63) is 81.2 Å². The number of ketones is 2. The van der Waals surface area contributed by atoms with E-state index in [0.717, 1.165) is 72.3 Å². The summed E-state index contributed by atoms with van der Waals surface area (Å²) in [4.78, 5) is 29.3. The minimum absolute atomic E-state index is 0.141. The molecule has 0 saturated heterocycles. The van der Waals surface area contributed by atoms with Gasteiger partial charge >= 0.3 is 0 Å². The van der Waals surface area contributed by atoms with Crippen molar-refractivity contribution in [2.45, 2.75) is 64.4 Å². The molecule has 0 radical (unpaired) electrons. The number of hydrogen-bond acceptors (Lipinski definition) is 6. The van der Waals surface area contributed by atoms with Gasteiger partial charge in [-0.15, -0.1) is 0 Å². The van der Waals surface area contributed by atoms with Gasteiger partial charge in [-0.1, -0.05) is 29.8 Å². The lowest BCUT2D eigenvalue weighted by Crippen LogP contribution is -2.39. The molecule has 1 aliphatic heterocycles. The van der Waals surface area contributed by atoms with Crippen LogP contribution in [0.3, 0.4) is 0 Å². The second-order valence-corrected chi connectivity index (χ2v) is 10.7. The standard InChI is InChI=1S/C32H36ClNO5/c1-3-38-29-19-22(14-15-28(29)39-20-21-8-4-9-23(33)18-21)30-31-24(10-5-12-26(31)35)34(16-7-17-37-2)25-11-6-13-27(36)32(25)30/h4,8-9,14-15,18-19,30H,3,5-7,10-13,16-17,20H2,1-2H3. The quantitative estimate of drug-likeness (QED) is 0.305. The largest absolute Gasteiger partial charge is 0.490 e. The molecule has 6 nitrogen and oxygen atoms in total. The molecule has 0 N–H and O–H groups in total. The second-order valence-electron chi connectivity index (χ2n) is 10.3. The van der Waals surface area contributed by atoms with Crippen molar-refractivity contribution in [3.63, 3.8) is 0 Å². The summed E-state index contributed by atoms with van der Waals surface area (Å²) in [7, 11) is 1.70. The summed E-state index contributed by atoms with van der Waals surface area (Å²) in [6.07, 6.45) is 5.21. The van der Waals surface area contributed by atoms with Crippen LogP contribution in [0.4, 0.5) is 0 Å². The molecule has 3 aliphatic rings. The maximum absolute atomic E-state index is 13.5. The van der Waals surface area contributed by atoms with Gasteiger partial charge in [-0.25, -0.2) is 0 Å². The summed E-state index contributed by atoms with van der Waals surface area (Å²) in [5.74, 6) is 1.13. The Hall–Kier alpha value is -3.09. The van der Waals surface area contributed by atoms with Crippen LogP contribution >= 0.6 is 11.6 Å². The van der Waals surface area contributed by atoms with Gasteiger partial charge in [0.05, 0.1) is 6.61 Å². The average Bonchev–Trinajstić information content (AvgIpc) is 2.93. The lowest BCUT2D eigenvalue weighted by atomic mass is 9.71. The normalized spacial score (nSPS) is 17.9. The topological polar surface area (TPSA) is 65.1 Å². The van der Waals surface area contributed by atoms with Crippen molar-refractivity contribution >= 4 is 23.2 Å². The smallest absolute Gasteiger partial charge is 0.161 e. The van der Waals surface area contributed by atoms with Crippen LogP contribution in [-0.2, 0) is 20.9 Å². The maximum atomic E-state index is 13.5. The molecule has 2 aromatic rings. The molecule has 2 aliphatic carbocycles. The van der Waals surface area contributed by atoms with Crippen LogP contribution in [0.15, 0.2) is 65.0 Å². The monoisotopic (exact) mass is 549 g/mol. The molecule has 0 saturated carbocycles. The number of rotatable bonds is 10. The fourth-order valence-electron chi connectivity index (χ4n) is 6.07. The molecule has 39 heavy (non-hydrogen) atoms. The third-order valence-electron chi connectivity index (χ3n) is 7.70. The van der Waals surface area contributed by atoms with E-state index in [4.69, 9.17) is 25.8 Å². The van der Waals surface area contributed by atoms with Crippen LogP contribution in [0, 0.1) is 0 Å². The Morgan fingerprint density at radius 1 is 0.897 bits per heavy atom. The van der Waals surface area contributed by atoms with E-state index in [0.29, 0.717) is 49.2 Å². The van der Waals surface area contributed by atoms with Crippen LogP contribution in [0.25, 0.3) is 0 Å². The number of allylic oxidation sites excluding steroid dienone is 4. The van der Waals surface area contributed by atoms with E-state index in [-0.39, 0.29) is 17.5 Å². The van der Waals surface area contributed by atoms with Crippen molar-refractivity contribution in [2.24, 2.45) is 0 Å². The molecule has 0 aromatic heterocycles. The number of benzene rings is 2. The fraction of sp³-hybridized carbons (Fsp3) is 0.438. The molecule has 0 atom stereocenters. The van der Waals surface area contributed by atoms with Gasteiger partial charge in [-0.2, -0.15) is 0 Å². The van der Waals surface area contributed by atoms with Gasteiger partial charge in [0.2, 0.25) is 0 Å². The van der Waals surface area contributed by atoms with E-state index in [1.54, 1.807) is 7.11 Å². The number of halogens is 1. The number of nitrogens with zero attached hydrogens (tertiary/aromatic N) is 1. The Morgan fingerprint density at radius 2 is 1.62 bits per heavy atom. The first-order valence-corrected chi connectivity index (χ1v) is 14.3. The zero-order valence-corrected chi connectivity index (χ0v) is 23.5. The van der Waals surface area contributed by atoms with Gasteiger partial charge in [-0.05, 0) is 74.4 Å². The lowest BCUT2D eigenvalue weighted by Gasteiger charge is -2.44. The summed E-state index contributed by atoms with van der Waals surface area (Å²) in [5.41, 5.74) is 5.58. The number of carbonyl (C=O) groups excluding carboxylic acids is 2. The third kappa shape index (κ3) is 5.78. The van der Waals surface area contributed by atoms with Crippen LogP contribution in [-0.4, -0.2) is 43.3 Å². The zero-order chi connectivity index (χ0) is 27.4. The van der Waals surface area contributed by atoms with Crippen LogP contribution < -0.4 is 9.47 Å². The lowest BCUT2D eigenvalue weighted by molar-refractivity contribution is -0.117. The molecule has 0 unspecified atom stereocenters. The number of carbonyl (C=O) groups is 2. The minimum Gasteiger partial charge on any atom is -0.490 e. The van der Waals surface area contributed by atoms with Crippen molar-refractivity contribution in [2.75, 3.05) is 26.9 Å². The fourth-order valence-corrected chi connectivity index (χ4v) is 6.28. The molecule has 0 spiro atoms. The highest BCUT2D eigenvalue weighted by Gasteiger charge is 2.43. The number of ether oxygens (including phenoxy) is 3. The van der Waals surface area contributed by atoms with E-state index < -0.39 is 0 Å².